The fraction of sp³-hybridized carbons (Fsp3) is 0.571. The zero-order valence-electron chi connectivity index (χ0n) is 11.2. The molecular formula is C14H21NO2S. The van der Waals surface area contributed by atoms with Crippen LogP contribution in [0.15, 0.2) is 30.3 Å². The van der Waals surface area contributed by atoms with Crippen LogP contribution in [0.3, 0.4) is 0 Å². The van der Waals surface area contributed by atoms with E-state index in [9.17, 15) is 4.21 Å². The van der Waals surface area contributed by atoms with E-state index in [0.717, 1.165) is 6.42 Å². The molecule has 1 atom stereocenters. The van der Waals surface area contributed by atoms with Crippen LogP contribution in [0.5, 0.6) is 0 Å². The van der Waals surface area contributed by atoms with Crippen molar-refractivity contribution in [3.8, 4) is 0 Å². The molecular weight excluding hydrogens is 246 g/mol. The van der Waals surface area contributed by atoms with E-state index in [1.54, 1.807) is 0 Å². The number of ether oxygens (including phenoxy) is 1. The second-order valence-corrected chi connectivity index (χ2v) is 7.88. The van der Waals surface area contributed by atoms with Crippen molar-refractivity contribution in [1.29, 1.82) is 0 Å². The highest BCUT2D eigenvalue weighted by Gasteiger charge is 2.41. The average molecular weight is 267 g/mol. The molecule has 0 aliphatic carbocycles. The smallest absolute Gasteiger partial charge is 0.0977 e. The SMILES string of the molecule is CC(C)(C)S(=O)NC1(Cc2ccccc2)COC1. The fourth-order valence-corrected chi connectivity index (χ4v) is 2.77. The molecule has 2 rings (SSSR count). The van der Waals surface area contributed by atoms with Gasteiger partial charge in [-0.3, -0.25) is 0 Å². The van der Waals surface area contributed by atoms with E-state index in [-0.39, 0.29) is 10.3 Å². The highest BCUT2D eigenvalue weighted by Crippen LogP contribution is 2.25. The van der Waals surface area contributed by atoms with Gasteiger partial charge in [0.15, 0.2) is 0 Å². The molecule has 0 aromatic heterocycles. The fourth-order valence-electron chi connectivity index (χ4n) is 1.88. The second kappa shape index (κ2) is 5.11. The third kappa shape index (κ3) is 3.19. The van der Waals surface area contributed by atoms with Gasteiger partial charge in [0.25, 0.3) is 0 Å². The van der Waals surface area contributed by atoms with Gasteiger partial charge < -0.3 is 4.74 Å². The van der Waals surface area contributed by atoms with Gasteiger partial charge >= 0.3 is 0 Å². The number of hydrogen-bond acceptors (Lipinski definition) is 2. The number of hydrogen-bond donors (Lipinski definition) is 1. The molecule has 0 saturated carbocycles. The van der Waals surface area contributed by atoms with Crippen molar-refractivity contribution in [2.75, 3.05) is 13.2 Å². The summed E-state index contributed by atoms with van der Waals surface area (Å²) in [5.41, 5.74) is 1.08. The highest BCUT2D eigenvalue weighted by molar-refractivity contribution is 7.84. The Morgan fingerprint density at radius 2 is 1.89 bits per heavy atom. The normalized spacial score (nSPS) is 20.2. The van der Waals surface area contributed by atoms with Crippen LogP contribution in [-0.2, 0) is 22.1 Å². The summed E-state index contributed by atoms with van der Waals surface area (Å²) in [6, 6.07) is 10.3. The van der Waals surface area contributed by atoms with Crippen LogP contribution in [0.2, 0.25) is 0 Å². The molecule has 0 bridgehead atoms. The van der Waals surface area contributed by atoms with Gasteiger partial charge in [0, 0.05) is 0 Å². The monoisotopic (exact) mass is 267 g/mol. The van der Waals surface area contributed by atoms with Crippen LogP contribution in [0, 0.1) is 0 Å². The van der Waals surface area contributed by atoms with Gasteiger partial charge in [-0.1, -0.05) is 30.3 Å². The molecule has 0 radical (unpaired) electrons. The standard InChI is InChI=1S/C14H21NO2S/c1-13(2,3)18(16)15-14(10-17-11-14)9-12-7-5-4-6-8-12/h4-8,15H,9-11H2,1-3H3. The molecule has 1 aliphatic heterocycles. The van der Waals surface area contributed by atoms with Crippen LogP contribution >= 0.6 is 0 Å². The molecule has 1 aliphatic rings. The van der Waals surface area contributed by atoms with E-state index in [1.807, 2.05) is 39.0 Å². The van der Waals surface area contributed by atoms with Gasteiger partial charge in [-0.25, -0.2) is 8.93 Å². The van der Waals surface area contributed by atoms with Crippen molar-refractivity contribution >= 4 is 11.0 Å². The van der Waals surface area contributed by atoms with Crippen molar-refractivity contribution < 1.29 is 8.95 Å². The van der Waals surface area contributed by atoms with Crippen molar-refractivity contribution in [3.05, 3.63) is 35.9 Å². The Morgan fingerprint density at radius 3 is 2.33 bits per heavy atom. The predicted molar refractivity (Wildman–Crippen MR) is 74.7 cm³/mol. The van der Waals surface area contributed by atoms with E-state index < -0.39 is 11.0 Å². The molecule has 0 spiro atoms. The Morgan fingerprint density at radius 1 is 1.28 bits per heavy atom. The minimum atomic E-state index is -1.06. The van der Waals surface area contributed by atoms with E-state index in [0.29, 0.717) is 13.2 Å². The van der Waals surface area contributed by atoms with Gasteiger partial charge in [-0.2, -0.15) is 0 Å². The molecule has 1 unspecified atom stereocenters. The summed E-state index contributed by atoms with van der Waals surface area (Å²) in [6.07, 6.45) is 0.857. The Kier molecular flexibility index (Phi) is 3.90. The van der Waals surface area contributed by atoms with Crippen molar-refractivity contribution in [1.82, 2.24) is 4.72 Å². The minimum Gasteiger partial charge on any atom is -0.377 e. The van der Waals surface area contributed by atoms with E-state index in [2.05, 4.69) is 16.9 Å². The minimum absolute atomic E-state index is 0.167. The Balaban J connectivity index is 2.05. The summed E-state index contributed by atoms with van der Waals surface area (Å²) in [5.74, 6) is 0. The highest BCUT2D eigenvalue weighted by atomic mass is 32.2. The van der Waals surface area contributed by atoms with Gasteiger partial charge in [-0.05, 0) is 32.8 Å². The van der Waals surface area contributed by atoms with Crippen LogP contribution in [0.1, 0.15) is 26.3 Å². The lowest BCUT2D eigenvalue weighted by Crippen LogP contribution is -2.63. The number of nitrogens with one attached hydrogen (secondary N) is 1. The van der Waals surface area contributed by atoms with Gasteiger partial charge in [0.05, 0.1) is 34.5 Å². The summed E-state index contributed by atoms with van der Waals surface area (Å²) in [7, 11) is -1.06. The van der Waals surface area contributed by atoms with Crippen LogP contribution < -0.4 is 4.72 Å². The van der Waals surface area contributed by atoms with Crippen molar-refractivity contribution in [3.63, 3.8) is 0 Å². The molecule has 1 N–H and O–H groups in total. The maximum Gasteiger partial charge on any atom is 0.0977 e. The predicted octanol–water partition coefficient (Wildman–Crippen LogP) is 2.05. The van der Waals surface area contributed by atoms with Crippen LogP contribution in [0.4, 0.5) is 0 Å². The zero-order valence-corrected chi connectivity index (χ0v) is 12.0. The summed E-state index contributed by atoms with van der Waals surface area (Å²) in [5, 5.41) is 0. The topological polar surface area (TPSA) is 38.3 Å². The van der Waals surface area contributed by atoms with E-state index in [1.165, 1.54) is 5.56 Å². The van der Waals surface area contributed by atoms with Gasteiger partial charge in [-0.15, -0.1) is 0 Å². The molecule has 1 aromatic rings. The first-order chi connectivity index (χ1) is 8.41. The summed E-state index contributed by atoms with van der Waals surface area (Å²) >= 11 is 0. The van der Waals surface area contributed by atoms with Gasteiger partial charge in [0.1, 0.15) is 0 Å². The first-order valence-corrected chi connectivity index (χ1v) is 7.38. The van der Waals surface area contributed by atoms with Crippen molar-refractivity contribution in [2.45, 2.75) is 37.5 Å². The lowest BCUT2D eigenvalue weighted by molar-refractivity contribution is -0.0616. The first kappa shape index (κ1) is 13.7. The summed E-state index contributed by atoms with van der Waals surface area (Å²) in [6.45, 7) is 7.19. The number of rotatable bonds is 4. The summed E-state index contributed by atoms with van der Waals surface area (Å²) < 4.78 is 20.5. The Labute approximate surface area is 112 Å². The summed E-state index contributed by atoms with van der Waals surface area (Å²) in [4.78, 5) is 0. The Bertz CT molecular complexity index is 421. The van der Waals surface area contributed by atoms with E-state index in [4.69, 9.17) is 4.74 Å². The van der Waals surface area contributed by atoms with Crippen LogP contribution in [-0.4, -0.2) is 27.7 Å². The molecule has 18 heavy (non-hydrogen) atoms. The lowest BCUT2D eigenvalue weighted by Gasteiger charge is -2.43. The first-order valence-electron chi connectivity index (χ1n) is 6.23. The molecule has 1 heterocycles. The third-order valence-electron chi connectivity index (χ3n) is 3.01. The second-order valence-electron chi connectivity index (χ2n) is 5.92. The van der Waals surface area contributed by atoms with Crippen LogP contribution in [0.25, 0.3) is 0 Å². The quantitative estimate of drug-likeness (QED) is 0.906. The Hall–Kier alpha value is -0.710. The molecule has 1 fully saturated rings. The molecule has 0 amide bonds. The third-order valence-corrected chi connectivity index (χ3v) is 4.74. The molecule has 1 aromatic carbocycles. The maximum atomic E-state index is 12.2. The van der Waals surface area contributed by atoms with E-state index >= 15 is 0 Å². The largest absolute Gasteiger partial charge is 0.377 e. The molecule has 4 heteroatoms. The molecule has 100 valence electrons. The van der Waals surface area contributed by atoms with Crippen molar-refractivity contribution in [2.24, 2.45) is 0 Å². The lowest BCUT2D eigenvalue weighted by atomic mass is 9.90. The molecule has 1 saturated heterocycles. The number of benzene rings is 1. The van der Waals surface area contributed by atoms with Gasteiger partial charge in [0.2, 0.25) is 0 Å². The molecule has 3 nitrogen and oxygen atoms in total. The maximum absolute atomic E-state index is 12.2. The zero-order chi connectivity index (χ0) is 13.2. The average Bonchev–Trinajstić information content (AvgIpc) is 2.26.